The first-order chi connectivity index (χ1) is 17.2. The molecule has 3 aromatic rings. The highest BCUT2D eigenvalue weighted by molar-refractivity contribution is 7.14. The van der Waals surface area contributed by atoms with Crippen LogP contribution in [0.1, 0.15) is 26.2 Å². The molecule has 1 amide bonds. The summed E-state index contributed by atoms with van der Waals surface area (Å²) in [5, 5.41) is 17.8. The third-order valence-electron chi connectivity index (χ3n) is 6.38. The van der Waals surface area contributed by atoms with Crippen LogP contribution in [0.15, 0.2) is 60.8 Å². The van der Waals surface area contributed by atoms with Gasteiger partial charge in [0.2, 0.25) is 0 Å². The molecule has 1 saturated heterocycles. The Bertz CT molecular complexity index is 1360. The first-order valence-electron chi connectivity index (χ1n) is 11.5. The van der Waals surface area contributed by atoms with Crippen LogP contribution in [0, 0.1) is 10.8 Å². The summed E-state index contributed by atoms with van der Waals surface area (Å²) >= 11 is 1.28. The molecule has 3 N–H and O–H groups in total. The predicted molar refractivity (Wildman–Crippen MR) is 136 cm³/mol. The van der Waals surface area contributed by atoms with Gasteiger partial charge in [0, 0.05) is 48.2 Å². The summed E-state index contributed by atoms with van der Waals surface area (Å²) in [4.78, 5) is 22.3. The van der Waals surface area contributed by atoms with Gasteiger partial charge in [0.05, 0.1) is 16.4 Å². The number of hydrogen-bond donors (Lipinski definition) is 3. The lowest BCUT2D eigenvalue weighted by molar-refractivity contribution is 0.0595. The number of amides is 1. The van der Waals surface area contributed by atoms with E-state index >= 15 is 8.78 Å². The van der Waals surface area contributed by atoms with Crippen LogP contribution < -0.4 is 5.43 Å². The number of aromatic nitrogens is 1. The van der Waals surface area contributed by atoms with Crippen LogP contribution in [0.25, 0.3) is 10.9 Å². The molecule has 0 aliphatic carbocycles. The number of thiophene rings is 1. The number of alkyl halides is 2. The van der Waals surface area contributed by atoms with Gasteiger partial charge in [-0.2, -0.15) is 8.78 Å². The molecule has 8 nitrogen and oxygen atoms in total. The Morgan fingerprint density at radius 1 is 1.17 bits per heavy atom. The number of likely N-dealkylation sites (N-methyl/N-ethyl adjacent to an activating group) is 1. The molecule has 0 bridgehead atoms. The lowest BCUT2D eigenvalue weighted by atomic mass is 10.0. The summed E-state index contributed by atoms with van der Waals surface area (Å²) in [7, 11) is 2.02. The first kappa shape index (κ1) is 24.2. The second-order valence-electron chi connectivity index (χ2n) is 8.82. The average Bonchev–Trinajstić information content (AvgIpc) is 3.38. The summed E-state index contributed by atoms with van der Waals surface area (Å²) < 4.78 is 30.8. The lowest BCUT2D eigenvalue weighted by Gasteiger charge is -2.34. The SMILES string of the molecule is CN1CCN(C(=O)c2ccc(C3C=CC(=N)N(C(=N)C(F)(F)c4ccc5ncccc5c4)N3)s2)CC1. The number of amidine groups is 2. The molecule has 186 valence electrons. The standard InChI is InChI=1S/C25H25F2N7OS/c1-32-11-13-33(14-12-32)23(35)21-8-7-20(36-21)19-6-9-22(28)34(31-19)24(29)25(26,27)17-4-5-18-16(15-17)3-2-10-30-18/h2-10,15,19,28-29,31H,11-14H2,1H3. The Labute approximate surface area is 210 Å². The highest BCUT2D eigenvalue weighted by Gasteiger charge is 2.43. The molecule has 36 heavy (non-hydrogen) atoms. The molecular weight excluding hydrogens is 484 g/mol. The van der Waals surface area contributed by atoms with Crippen LogP contribution in [0.4, 0.5) is 8.78 Å². The third kappa shape index (κ3) is 4.52. The van der Waals surface area contributed by atoms with Crippen molar-refractivity contribution >= 4 is 39.8 Å². The van der Waals surface area contributed by atoms with E-state index in [4.69, 9.17) is 10.8 Å². The zero-order valence-corrected chi connectivity index (χ0v) is 20.4. The zero-order chi connectivity index (χ0) is 25.4. The minimum absolute atomic E-state index is 0.0474. The molecule has 11 heteroatoms. The van der Waals surface area contributed by atoms with Gasteiger partial charge < -0.3 is 9.80 Å². The molecule has 4 heterocycles. The molecule has 2 aliphatic rings. The average molecular weight is 510 g/mol. The molecule has 0 saturated carbocycles. The van der Waals surface area contributed by atoms with Crippen LogP contribution in [0.3, 0.4) is 0 Å². The summed E-state index contributed by atoms with van der Waals surface area (Å²) in [6.45, 7) is 2.95. The van der Waals surface area contributed by atoms with Crippen molar-refractivity contribution in [2.75, 3.05) is 33.2 Å². The molecule has 2 aliphatic heterocycles. The minimum atomic E-state index is -3.66. The van der Waals surface area contributed by atoms with E-state index in [2.05, 4.69) is 15.3 Å². The Hall–Kier alpha value is -3.54. The van der Waals surface area contributed by atoms with Crippen molar-refractivity contribution in [3.05, 3.63) is 76.1 Å². The van der Waals surface area contributed by atoms with Gasteiger partial charge in [-0.3, -0.25) is 20.6 Å². The summed E-state index contributed by atoms with van der Waals surface area (Å²) in [5.41, 5.74) is 3.08. The molecule has 1 aromatic carbocycles. The van der Waals surface area contributed by atoms with E-state index in [0.29, 0.717) is 28.9 Å². The summed E-state index contributed by atoms with van der Waals surface area (Å²) in [5.74, 6) is -5.04. The highest BCUT2D eigenvalue weighted by atomic mass is 32.1. The predicted octanol–water partition coefficient (Wildman–Crippen LogP) is 3.85. The van der Waals surface area contributed by atoms with Gasteiger partial charge in [0.15, 0.2) is 5.84 Å². The van der Waals surface area contributed by atoms with Gasteiger partial charge in [0.1, 0.15) is 5.84 Å². The number of pyridine rings is 1. The van der Waals surface area contributed by atoms with E-state index in [1.54, 1.807) is 36.5 Å². The zero-order valence-electron chi connectivity index (χ0n) is 19.5. The molecule has 0 spiro atoms. The van der Waals surface area contributed by atoms with Crippen molar-refractivity contribution < 1.29 is 13.6 Å². The number of hydrogen-bond acceptors (Lipinski definition) is 7. The Balaban J connectivity index is 1.33. The Morgan fingerprint density at radius 2 is 1.94 bits per heavy atom. The molecule has 1 fully saturated rings. The number of piperazine rings is 1. The van der Waals surface area contributed by atoms with E-state index in [0.717, 1.165) is 23.0 Å². The molecule has 0 radical (unpaired) electrons. The number of rotatable bonds is 4. The Kier molecular flexibility index (Phi) is 6.37. The van der Waals surface area contributed by atoms with Crippen molar-refractivity contribution in [1.29, 1.82) is 10.8 Å². The van der Waals surface area contributed by atoms with Gasteiger partial charge in [0.25, 0.3) is 5.91 Å². The van der Waals surface area contributed by atoms with Crippen molar-refractivity contribution in [2.45, 2.75) is 12.0 Å². The van der Waals surface area contributed by atoms with Crippen LogP contribution in [0.5, 0.6) is 0 Å². The molecule has 1 atom stereocenters. The van der Waals surface area contributed by atoms with E-state index in [-0.39, 0.29) is 17.3 Å². The fraction of sp³-hybridized carbons (Fsp3) is 0.280. The van der Waals surface area contributed by atoms with Crippen LogP contribution >= 0.6 is 11.3 Å². The van der Waals surface area contributed by atoms with Gasteiger partial charge in [-0.15, -0.1) is 11.3 Å². The van der Waals surface area contributed by atoms with Gasteiger partial charge in [-0.1, -0.05) is 18.2 Å². The molecule has 1 unspecified atom stereocenters. The van der Waals surface area contributed by atoms with Crippen molar-refractivity contribution in [3.63, 3.8) is 0 Å². The maximum Gasteiger partial charge on any atom is 0.330 e. The number of hydrazine groups is 1. The molecule has 5 rings (SSSR count). The van der Waals surface area contributed by atoms with Gasteiger partial charge >= 0.3 is 5.92 Å². The number of carbonyl (C=O) groups excluding carboxylic acids is 1. The number of nitrogens with one attached hydrogen (secondary N) is 3. The molecule has 2 aromatic heterocycles. The third-order valence-corrected chi connectivity index (χ3v) is 7.53. The molecular formula is C25H25F2N7OS. The Morgan fingerprint density at radius 3 is 2.72 bits per heavy atom. The van der Waals surface area contributed by atoms with Gasteiger partial charge in [-0.05, 0) is 43.5 Å². The number of benzene rings is 1. The smallest absolute Gasteiger partial charge is 0.330 e. The number of halogens is 2. The summed E-state index contributed by atoms with van der Waals surface area (Å²) in [6.07, 6.45) is 4.64. The highest BCUT2D eigenvalue weighted by Crippen LogP contribution is 2.34. The second kappa shape index (κ2) is 9.49. The van der Waals surface area contributed by atoms with Crippen LogP contribution in [-0.2, 0) is 5.92 Å². The normalized spacial score (nSPS) is 19.2. The maximum absolute atomic E-state index is 15.4. The van der Waals surface area contributed by atoms with E-state index in [1.165, 1.54) is 35.6 Å². The van der Waals surface area contributed by atoms with Crippen molar-refractivity contribution in [3.8, 4) is 0 Å². The van der Waals surface area contributed by atoms with E-state index < -0.39 is 17.8 Å². The fourth-order valence-corrected chi connectivity index (χ4v) is 5.21. The second-order valence-corrected chi connectivity index (χ2v) is 9.93. The van der Waals surface area contributed by atoms with Crippen molar-refractivity contribution in [1.82, 2.24) is 25.2 Å². The number of carbonyl (C=O) groups is 1. The quantitative estimate of drug-likeness (QED) is 0.367. The van der Waals surface area contributed by atoms with Gasteiger partial charge in [-0.25, -0.2) is 10.4 Å². The maximum atomic E-state index is 15.4. The monoisotopic (exact) mass is 509 g/mol. The first-order valence-corrected chi connectivity index (χ1v) is 12.3. The van der Waals surface area contributed by atoms with Crippen LogP contribution in [0.2, 0.25) is 0 Å². The lowest BCUT2D eigenvalue weighted by Crippen LogP contribution is -2.54. The fourth-order valence-electron chi connectivity index (χ4n) is 4.21. The largest absolute Gasteiger partial charge is 0.335 e. The van der Waals surface area contributed by atoms with E-state index in [1.807, 2.05) is 11.9 Å². The number of nitrogens with zero attached hydrogens (tertiary/aromatic N) is 4. The topological polar surface area (TPSA) is 99.4 Å². The van der Waals surface area contributed by atoms with Crippen LogP contribution in [-0.4, -0.2) is 70.6 Å². The minimum Gasteiger partial charge on any atom is -0.335 e. The summed E-state index contributed by atoms with van der Waals surface area (Å²) in [6, 6.07) is 10.4. The van der Waals surface area contributed by atoms with Crippen molar-refractivity contribution in [2.24, 2.45) is 0 Å². The van der Waals surface area contributed by atoms with E-state index in [9.17, 15) is 4.79 Å². The number of fused-ring (bicyclic) bond motifs is 1.